The monoisotopic (exact) mass is 173 g/mol. The fourth-order valence-corrected chi connectivity index (χ4v) is 1.81. The van der Waals surface area contributed by atoms with E-state index in [0.29, 0.717) is 6.04 Å². The van der Waals surface area contributed by atoms with Crippen molar-refractivity contribution in [1.29, 1.82) is 0 Å². The lowest BCUT2D eigenvalue weighted by Crippen LogP contribution is -2.45. The third-order valence-electron chi connectivity index (χ3n) is 2.48. The highest BCUT2D eigenvalue weighted by Gasteiger charge is 2.24. The quantitative estimate of drug-likeness (QED) is 0.627. The number of nitrogens with zero attached hydrogens (tertiary/aromatic N) is 1. The van der Waals surface area contributed by atoms with Crippen LogP contribution < -0.4 is 0 Å². The van der Waals surface area contributed by atoms with E-state index in [1.807, 2.05) is 0 Å². The number of aliphatic hydroxyl groups excluding tert-OH is 2. The van der Waals surface area contributed by atoms with Crippen LogP contribution in [0.2, 0.25) is 0 Å². The summed E-state index contributed by atoms with van der Waals surface area (Å²) in [4.78, 5) is 2.23. The highest BCUT2D eigenvalue weighted by atomic mass is 16.3. The lowest BCUT2D eigenvalue weighted by molar-refractivity contribution is 0.0242. The Morgan fingerprint density at radius 2 is 2.25 bits per heavy atom. The molecule has 1 saturated heterocycles. The number of piperidine rings is 1. The summed E-state index contributed by atoms with van der Waals surface area (Å²) in [7, 11) is 0. The molecule has 0 amide bonds. The second kappa shape index (κ2) is 4.21. The average Bonchev–Trinajstić information content (AvgIpc) is 1.94. The molecular formula is C9H19NO2. The Morgan fingerprint density at radius 1 is 1.58 bits per heavy atom. The Kier molecular flexibility index (Phi) is 3.50. The molecule has 0 aromatic rings. The van der Waals surface area contributed by atoms with Gasteiger partial charge in [-0.2, -0.15) is 0 Å². The minimum atomic E-state index is -0.261. The Bertz CT molecular complexity index is 138. The summed E-state index contributed by atoms with van der Waals surface area (Å²) in [6.45, 7) is 5.55. The van der Waals surface area contributed by atoms with Gasteiger partial charge in [-0.3, -0.25) is 4.90 Å². The minimum Gasteiger partial charge on any atom is -0.393 e. The molecule has 1 rings (SSSR count). The van der Waals surface area contributed by atoms with Crippen LogP contribution in [0.1, 0.15) is 26.7 Å². The zero-order valence-corrected chi connectivity index (χ0v) is 7.90. The predicted molar refractivity (Wildman–Crippen MR) is 48.0 cm³/mol. The van der Waals surface area contributed by atoms with Crippen molar-refractivity contribution in [3.63, 3.8) is 0 Å². The second-order valence-corrected chi connectivity index (χ2v) is 3.87. The topological polar surface area (TPSA) is 43.7 Å². The molecule has 0 spiro atoms. The molecule has 1 aliphatic heterocycles. The van der Waals surface area contributed by atoms with Crippen molar-refractivity contribution in [1.82, 2.24) is 4.90 Å². The molecule has 3 atom stereocenters. The number of β-amino-alcohol motifs (C(OH)–C–C–N with tert-alkyl or cyclic N) is 1. The third kappa shape index (κ3) is 2.73. The maximum absolute atomic E-state index is 9.34. The summed E-state index contributed by atoms with van der Waals surface area (Å²) < 4.78 is 0. The van der Waals surface area contributed by atoms with Gasteiger partial charge in [0.05, 0.1) is 12.2 Å². The maximum Gasteiger partial charge on any atom is 0.0639 e. The SMILES string of the molecule is CC(O)CN1CCC(O)CC1C. The summed E-state index contributed by atoms with van der Waals surface area (Å²) in [5, 5.41) is 18.5. The molecule has 0 saturated carbocycles. The van der Waals surface area contributed by atoms with E-state index in [9.17, 15) is 10.2 Å². The molecular weight excluding hydrogens is 154 g/mol. The highest BCUT2D eigenvalue weighted by Crippen LogP contribution is 2.16. The van der Waals surface area contributed by atoms with Gasteiger partial charge >= 0.3 is 0 Å². The molecule has 0 aromatic heterocycles. The molecule has 2 N–H and O–H groups in total. The zero-order valence-electron chi connectivity index (χ0n) is 7.90. The van der Waals surface area contributed by atoms with Crippen LogP contribution in [0.5, 0.6) is 0 Å². The summed E-state index contributed by atoms with van der Waals surface area (Å²) >= 11 is 0. The Labute approximate surface area is 74.0 Å². The van der Waals surface area contributed by atoms with Crippen LogP contribution in [0.3, 0.4) is 0 Å². The molecule has 3 heteroatoms. The van der Waals surface area contributed by atoms with Gasteiger partial charge in [0.25, 0.3) is 0 Å². The van der Waals surface area contributed by atoms with Crippen LogP contribution in [0.25, 0.3) is 0 Å². The van der Waals surface area contributed by atoms with E-state index in [1.54, 1.807) is 6.92 Å². The molecule has 0 aliphatic carbocycles. The van der Waals surface area contributed by atoms with E-state index in [1.165, 1.54) is 0 Å². The predicted octanol–water partition coefficient (Wildman–Crippen LogP) is 0.212. The first kappa shape index (κ1) is 9.96. The van der Waals surface area contributed by atoms with Crippen LogP contribution in [-0.2, 0) is 0 Å². The molecule has 0 bridgehead atoms. The van der Waals surface area contributed by atoms with E-state index in [-0.39, 0.29) is 12.2 Å². The van der Waals surface area contributed by atoms with E-state index in [0.717, 1.165) is 25.9 Å². The Morgan fingerprint density at radius 3 is 2.75 bits per heavy atom. The molecule has 12 heavy (non-hydrogen) atoms. The van der Waals surface area contributed by atoms with Gasteiger partial charge in [0, 0.05) is 19.1 Å². The molecule has 3 nitrogen and oxygen atoms in total. The van der Waals surface area contributed by atoms with Crippen molar-refractivity contribution in [3.05, 3.63) is 0 Å². The summed E-state index contributed by atoms with van der Waals surface area (Å²) in [5.74, 6) is 0. The van der Waals surface area contributed by atoms with Gasteiger partial charge in [-0.05, 0) is 26.7 Å². The smallest absolute Gasteiger partial charge is 0.0639 e. The number of hydrogen-bond donors (Lipinski definition) is 2. The first-order valence-corrected chi connectivity index (χ1v) is 4.69. The summed E-state index contributed by atoms with van der Waals surface area (Å²) in [6, 6.07) is 0.406. The van der Waals surface area contributed by atoms with Gasteiger partial charge in [0.1, 0.15) is 0 Å². The molecule has 3 unspecified atom stereocenters. The average molecular weight is 173 g/mol. The highest BCUT2D eigenvalue weighted by molar-refractivity contribution is 4.79. The zero-order chi connectivity index (χ0) is 9.14. The first-order chi connectivity index (χ1) is 5.59. The maximum atomic E-state index is 9.34. The number of aliphatic hydroxyl groups is 2. The van der Waals surface area contributed by atoms with Crippen molar-refractivity contribution in [2.45, 2.75) is 44.9 Å². The van der Waals surface area contributed by atoms with Crippen molar-refractivity contribution in [3.8, 4) is 0 Å². The molecule has 72 valence electrons. The van der Waals surface area contributed by atoms with E-state index in [4.69, 9.17) is 0 Å². The van der Waals surface area contributed by atoms with Gasteiger partial charge in [-0.1, -0.05) is 0 Å². The third-order valence-corrected chi connectivity index (χ3v) is 2.48. The van der Waals surface area contributed by atoms with E-state index >= 15 is 0 Å². The van der Waals surface area contributed by atoms with Crippen LogP contribution >= 0.6 is 0 Å². The lowest BCUT2D eigenvalue weighted by Gasteiger charge is -2.36. The van der Waals surface area contributed by atoms with Gasteiger partial charge < -0.3 is 10.2 Å². The standard InChI is InChI=1S/C9H19NO2/c1-7-5-9(12)3-4-10(7)6-8(2)11/h7-9,11-12H,3-6H2,1-2H3. The Hall–Kier alpha value is -0.120. The summed E-state index contributed by atoms with van der Waals surface area (Å²) in [5.41, 5.74) is 0. The van der Waals surface area contributed by atoms with Gasteiger partial charge in [-0.15, -0.1) is 0 Å². The fourth-order valence-electron chi connectivity index (χ4n) is 1.81. The van der Waals surface area contributed by atoms with Gasteiger partial charge in [0.2, 0.25) is 0 Å². The van der Waals surface area contributed by atoms with Gasteiger partial charge in [-0.25, -0.2) is 0 Å². The normalized spacial score (nSPS) is 35.0. The van der Waals surface area contributed by atoms with Crippen molar-refractivity contribution < 1.29 is 10.2 Å². The number of likely N-dealkylation sites (tertiary alicyclic amines) is 1. The van der Waals surface area contributed by atoms with Crippen LogP contribution in [0.15, 0.2) is 0 Å². The van der Waals surface area contributed by atoms with E-state index in [2.05, 4.69) is 11.8 Å². The fraction of sp³-hybridized carbons (Fsp3) is 1.00. The molecule has 1 fully saturated rings. The molecule has 0 aromatic carbocycles. The van der Waals surface area contributed by atoms with Crippen molar-refractivity contribution in [2.75, 3.05) is 13.1 Å². The lowest BCUT2D eigenvalue weighted by atomic mass is 10.0. The number of rotatable bonds is 2. The van der Waals surface area contributed by atoms with Crippen LogP contribution in [0, 0.1) is 0 Å². The largest absolute Gasteiger partial charge is 0.393 e. The molecule has 1 aliphatic rings. The van der Waals surface area contributed by atoms with Crippen molar-refractivity contribution >= 4 is 0 Å². The number of hydrogen-bond acceptors (Lipinski definition) is 3. The van der Waals surface area contributed by atoms with E-state index < -0.39 is 0 Å². The van der Waals surface area contributed by atoms with Crippen molar-refractivity contribution in [2.24, 2.45) is 0 Å². The first-order valence-electron chi connectivity index (χ1n) is 4.69. The molecule has 1 heterocycles. The molecule has 0 radical (unpaired) electrons. The van der Waals surface area contributed by atoms with Crippen LogP contribution in [0.4, 0.5) is 0 Å². The Balaban J connectivity index is 2.34. The van der Waals surface area contributed by atoms with Gasteiger partial charge in [0.15, 0.2) is 0 Å². The minimum absolute atomic E-state index is 0.134. The van der Waals surface area contributed by atoms with Crippen LogP contribution in [-0.4, -0.2) is 46.5 Å². The summed E-state index contributed by atoms with van der Waals surface area (Å²) in [6.07, 6.45) is 1.29. The second-order valence-electron chi connectivity index (χ2n) is 3.87.